The van der Waals surface area contributed by atoms with Crippen LogP contribution >= 0.6 is 0 Å². The minimum atomic E-state index is -0.332. The molecule has 0 aliphatic rings. The first-order chi connectivity index (χ1) is 13.6. The molecular formula is C21H21FN4O2. The maximum absolute atomic E-state index is 12.9. The summed E-state index contributed by atoms with van der Waals surface area (Å²) in [6, 6.07) is 17.2. The highest BCUT2D eigenvalue weighted by atomic mass is 19.1. The van der Waals surface area contributed by atoms with Crippen molar-refractivity contribution in [3.8, 4) is 5.75 Å². The number of methoxy groups -OCH3 is 1. The van der Waals surface area contributed by atoms with Gasteiger partial charge in [-0.05, 0) is 53.9 Å². The summed E-state index contributed by atoms with van der Waals surface area (Å²) in [6.45, 7) is 0.986. The number of nitrogens with zero attached hydrogens (tertiary/aromatic N) is 2. The monoisotopic (exact) mass is 380 g/mol. The SMILES string of the molecule is COc1ccc(CCNc2ccc(C(=O)NCc3ccc(F)cc3)nn2)cc1. The van der Waals surface area contributed by atoms with Crippen LogP contribution < -0.4 is 15.4 Å². The lowest BCUT2D eigenvalue weighted by atomic mass is 10.1. The fourth-order valence-corrected chi connectivity index (χ4v) is 2.55. The lowest BCUT2D eigenvalue weighted by Crippen LogP contribution is -2.24. The van der Waals surface area contributed by atoms with Gasteiger partial charge < -0.3 is 15.4 Å². The Bertz CT molecular complexity index is 897. The standard InChI is InChI=1S/C21H21FN4O2/c1-28-18-8-4-15(5-9-18)12-13-23-20-11-10-19(25-26-20)21(27)24-14-16-2-6-17(22)7-3-16/h2-11H,12-14H2,1H3,(H,23,26)(H,24,27). The second-order valence-corrected chi connectivity index (χ2v) is 6.14. The van der Waals surface area contributed by atoms with Crippen LogP contribution in [0.4, 0.5) is 10.2 Å². The van der Waals surface area contributed by atoms with Crippen molar-refractivity contribution in [2.75, 3.05) is 19.0 Å². The van der Waals surface area contributed by atoms with Crippen LogP contribution in [0.2, 0.25) is 0 Å². The highest BCUT2D eigenvalue weighted by Gasteiger charge is 2.08. The normalized spacial score (nSPS) is 10.4. The Hall–Kier alpha value is -3.48. The highest BCUT2D eigenvalue weighted by molar-refractivity contribution is 5.92. The first-order valence-corrected chi connectivity index (χ1v) is 8.87. The zero-order valence-corrected chi connectivity index (χ0v) is 15.5. The highest BCUT2D eigenvalue weighted by Crippen LogP contribution is 2.12. The summed E-state index contributed by atoms with van der Waals surface area (Å²) in [5.74, 6) is 0.789. The van der Waals surface area contributed by atoms with E-state index < -0.39 is 0 Å². The Balaban J connectivity index is 1.45. The van der Waals surface area contributed by atoms with Crippen molar-refractivity contribution in [2.45, 2.75) is 13.0 Å². The van der Waals surface area contributed by atoms with Gasteiger partial charge in [0.15, 0.2) is 5.69 Å². The van der Waals surface area contributed by atoms with Crippen molar-refractivity contribution in [2.24, 2.45) is 0 Å². The van der Waals surface area contributed by atoms with Crippen molar-refractivity contribution in [1.82, 2.24) is 15.5 Å². The van der Waals surface area contributed by atoms with Crippen molar-refractivity contribution in [3.05, 3.63) is 83.3 Å². The van der Waals surface area contributed by atoms with Gasteiger partial charge in [0.2, 0.25) is 0 Å². The Morgan fingerprint density at radius 1 is 0.964 bits per heavy atom. The lowest BCUT2D eigenvalue weighted by molar-refractivity contribution is 0.0945. The molecule has 1 heterocycles. The quantitative estimate of drug-likeness (QED) is 0.628. The zero-order chi connectivity index (χ0) is 19.8. The molecule has 0 saturated heterocycles. The minimum absolute atomic E-state index is 0.225. The van der Waals surface area contributed by atoms with Crippen molar-refractivity contribution in [1.29, 1.82) is 0 Å². The van der Waals surface area contributed by atoms with Gasteiger partial charge in [0.25, 0.3) is 5.91 Å². The fourth-order valence-electron chi connectivity index (χ4n) is 2.55. The van der Waals surface area contributed by atoms with E-state index in [2.05, 4.69) is 20.8 Å². The molecule has 0 aliphatic carbocycles. The van der Waals surface area contributed by atoms with Gasteiger partial charge in [-0.25, -0.2) is 4.39 Å². The number of carbonyl (C=O) groups excluding carboxylic acids is 1. The predicted molar refractivity (Wildman–Crippen MR) is 105 cm³/mol. The van der Waals surface area contributed by atoms with Crippen LogP contribution in [0.15, 0.2) is 60.7 Å². The molecular weight excluding hydrogens is 359 g/mol. The Morgan fingerprint density at radius 2 is 1.68 bits per heavy atom. The van der Waals surface area contributed by atoms with E-state index >= 15 is 0 Å². The molecule has 3 aromatic rings. The fraction of sp³-hybridized carbons (Fsp3) is 0.190. The number of aromatic nitrogens is 2. The van der Waals surface area contributed by atoms with E-state index in [9.17, 15) is 9.18 Å². The van der Waals surface area contributed by atoms with Crippen LogP contribution in [0.25, 0.3) is 0 Å². The van der Waals surface area contributed by atoms with E-state index in [1.807, 2.05) is 24.3 Å². The summed E-state index contributed by atoms with van der Waals surface area (Å²) in [7, 11) is 1.64. The van der Waals surface area contributed by atoms with Gasteiger partial charge in [-0.1, -0.05) is 24.3 Å². The number of ether oxygens (including phenoxy) is 1. The molecule has 2 aromatic carbocycles. The molecule has 0 atom stereocenters. The summed E-state index contributed by atoms with van der Waals surface area (Å²) in [5, 5.41) is 13.9. The first-order valence-electron chi connectivity index (χ1n) is 8.87. The van der Waals surface area contributed by atoms with E-state index in [0.29, 0.717) is 18.9 Å². The number of amides is 1. The van der Waals surface area contributed by atoms with Gasteiger partial charge in [-0.15, -0.1) is 10.2 Å². The number of nitrogens with one attached hydrogen (secondary N) is 2. The Labute approximate surface area is 162 Å². The smallest absolute Gasteiger partial charge is 0.272 e. The number of hydrogen-bond acceptors (Lipinski definition) is 5. The number of rotatable bonds is 8. The second-order valence-electron chi connectivity index (χ2n) is 6.14. The summed E-state index contributed by atoms with van der Waals surface area (Å²) < 4.78 is 18.0. The number of hydrogen-bond donors (Lipinski definition) is 2. The number of benzene rings is 2. The van der Waals surface area contributed by atoms with Gasteiger partial charge in [-0.3, -0.25) is 4.79 Å². The van der Waals surface area contributed by atoms with Gasteiger partial charge in [-0.2, -0.15) is 0 Å². The third-order valence-corrected chi connectivity index (χ3v) is 4.14. The molecule has 6 nitrogen and oxygen atoms in total. The van der Waals surface area contributed by atoms with E-state index in [-0.39, 0.29) is 17.4 Å². The van der Waals surface area contributed by atoms with Crippen molar-refractivity contribution < 1.29 is 13.9 Å². The summed E-state index contributed by atoms with van der Waals surface area (Å²) in [4.78, 5) is 12.1. The third kappa shape index (κ3) is 5.51. The minimum Gasteiger partial charge on any atom is -0.497 e. The van der Waals surface area contributed by atoms with E-state index in [4.69, 9.17) is 4.74 Å². The Kier molecular flexibility index (Phi) is 6.51. The van der Waals surface area contributed by atoms with E-state index in [1.165, 1.54) is 17.7 Å². The molecule has 0 unspecified atom stereocenters. The second kappa shape index (κ2) is 9.45. The van der Waals surface area contributed by atoms with Crippen LogP contribution in [0.5, 0.6) is 5.75 Å². The lowest BCUT2D eigenvalue weighted by Gasteiger charge is -2.07. The molecule has 0 spiro atoms. The maximum Gasteiger partial charge on any atom is 0.272 e. The molecule has 28 heavy (non-hydrogen) atoms. The van der Waals surface area contributed by atoms with Crippen LogP contribution in [-0.2, 0) is 13.0 Å². The largest absolute Gasteiger partial charge is 0.497 e. The summed E-state index contributed by atoms with van der Waals surface area (Å²) >= 11 is 0. The topological polar surface area (TPSA) is 76.1 Å². The molecule has 1 amide bonds. The molecule has 144 valence electrons. The first kappa shape index (κ1) is 19.3. The molecule has 0 fully saturated rings. The number of carbonyl (C=O) groups is 1. The maximum atomic E-state index is 12.9. The Morgan fingerprint density at radius 3 is 2.32 bits per heavy atom. The predicted octanol–water partition coefficient (Wildman–Crippen LogP) is 3.21. The van der Waals surface area contributed by atoms with Crippen molar-refractivity contribution in [3.63, 3.8) is 0 Å². The average molecular weight is 380 g/mol. The molecule has 0 aliphatic heterocycles. The van der Waals surface area contributed by atoms with Crippen LogP contribution in [0, 0.1) is 5.82 Å². The van der Waals surface area contributed by atoms with Gasteiger partial charge in [0.05, 0.1) is 7.11 Å². The van der Waals surface area contributed by atoms with Gasteiger partial charge in [0, 0.05) is 13.1 Å². The van der Waals surface area contributed by atoms with Crippen molar-refractivity contribution >= 4 is 11.7 Å². The van der Waals surface area contributed by atoms with Gasteiger partial charge >= 0.3 is 0 Å². The number of halogens is 1. The molecule has 7 heteroatoms. The summed E-state index contributed by atoms with van der Waals surface area (Å²) in [5.41, 5.74) is 2.21. The molecule has 3 rings (SSSR count). The molecule has 0 radical (unpaired) electrons. The molecule has 0 saturated carbocycles. The van der Waals surface area contributed by atoms with Crippen LogP contribution in [0.3, 0.4) is 0 Å². The van der Waals surface area contributed by atoms with E-state index in [1.54, 1.807) is 31.4 Å². The number of anilines is 1. The average Bonchev–Trinajstić information content (AvgIpc) is 2.74. The van der Waals surface area contributed by atoms with Crippen LogP contribution in [0.1, 0.15) is 21.6 Å². The van der Waals surface area contributed by atoms with Crippen LogP contribution in [-0.4, -0.2) is 29.8 Å². The molecule has 2 N–H and O–H groups in total. The summed E-state index contributed by atoms with van der Waals surface area (Å²) in [6.07, 6.45) is 0.825. The van der Waals surface area contributed by atoms with Gasteiger partial charge in [0.1, 0.15) is 17.4 Å². The molecule has 0 bridgehead atoms. The third-order valence-electron chi connectivity index (χ3n) is 4.14. The molecule has 1 aromatic heterocycles. The zero-order valence-electron chi connectivity index (χ0n) is 15.5. The van der Waals surface area contributed by atoms with E-state index in [0.717, 1.165) is 17.7 Å².